The van der Waals surface area contributed by atoms with Gasteiger partial charge in [0.05, 0.1) is 24.6 Å². The number of nitrogens with one attached hydrogen (secondary N) is 3. The number of rotatable bonds is 7. The Hall–Kier alpha value is -2.50. The lowest BCUT2D eigenvalue weighted by molar-refractivity contribution is -0.128. The molecule has 0 bridgehead atoms. The summed E-state index contributed by atoms with van der Waals surface area (Å²) in [7, 11) is 0. The highest BCUT2D eigenvalue weighted by molar-refractivity contribution is 5.98. The second-order valence-corrected chi connectivity index (χ2v) is 6.74. The summed E-state index contributed by atoms with van der Waals surface area (Å²) in [6.45, 7) is 0.714. The normalized spacial score (nSPS) is 28.7. The zero-order valence-electron chi connectivity index (χ0n) is 14.7. The lowest BCUT2D eigenvalue weighted by atomic mass is 9.89. The highest BCUT2D eigenvalue weighted by atomic mass is 16.3. The van der Waals surface area contributed by atoms with Crippen LogP contribution in [0.1, 0.15) is 25.7 Å². The molecule has 1 heterocycles. The van der Waals surface area contributed by atoms with Gasteiger partial charge in [-0.15, -0.1) is 0 Å². The maximum absolute atomic E-state index is 12.4. The molecule has 1 saturated heterocycles. The first-order valence-corrected chi connectivity index (χ1v) is 8.68. The molecule has 11 heteroatoms. The van der Waals surface area contributed by atoms with Crippen LogP contribution in [0.4, 0.5) is 0 Å². The largest absolute Gasteiger partial charge is 0.390 e. The van der Waals surface area contributed by atoms with Gasteiger partial charge in [-0.25, -0.2) is 0 Å². The van der Waals surface area contributed by atoms with Crippen molar-refractivity contribution < 1.29 is 29.4 Å². The predicted octanol–water partition coefficient (Wildman–Crippen LogP) is -3.88. The molecule has 2 rings (SSSR count). The summed E-state index contributed by atoms with van der Waals surface area (Å²) in [5.41, 5.74) is 10.2. The molecule has 0 aromatic heterocycles. The third-order valence-electron chi connectivity index (χ3n) is 4.60. The summed E-state index contributed by atoms with van der Waals surface area (Å²) < 4.78 is 0. The van der Waals surface area contributed by atoms with Crippen molar-refractivity contribution in [2.75, 3.05) is 6.54 Å². The SMILES string of the molecule is NC(=O)CC(NC(=O)C1=CC(NC(=O)C2CCCN2)C(O)C(O)C1)C(N)=O. The zero-order valence-corrected chi connectivity index (χ0v) is 14.7. The van der Waals surface area contributed by atoms with Crippen molar-refractivity contribution in [2.45, 2.75) is 56.0 Å². The average Bonchev–Trinajstić information content (AvgIpc) is 3.12. The van der Waals surface area contributed by atoms with Crippen LogP contribution < -0.4 is 27.4 Å². The first-order chi connectivity index (χ1) is 12.7. The van der Waals surface area contributed by atoms with Crippen LogP contribution in [-0.2, 0) is 19.2 Å². The van der Waals surface area contributed by atoms with E-state index in [-0.39, 0.29) is 17.9 Å². The summed E-state index contributed by atoms with van der Waals surface area (Å²) in [6, 6.07) is -2.67. The zero-order chi connectivity index (χ0) is 20.1. The second kappa shape index (κ2) is 8.93. The minimum Gasteiger partial charge on any atom is -0.390 e. The van der Waals surface area contributed by atoms with Gasteiger partial charge in [0.1, 0.15) is 12.1 Å². The van der Waals surface area contributed by atoms with Crippen molar-refractivity contribution in [3.05, 3.63) is 11.6 Å². The van der Waals surface area contributed by atoms with Gasteiger partial charge in [0, 0.05) is 12.0 Å². The summed E-state index contributed by atoms with van der Waals surface area (Å²) in [5.74, 6) is -2.84. The molecule has 1 aliphatic carbocycles. The topological polar surface area (TPSA) is 197 Å². The van der Waals surface area contributed by atoms with Crippen LogP contribution in [0, 0.1) is 0 Å². The first kappa shape index (κ1) is 20.8. The highest BCUT2D eigenvalue weighted by Gasteiger charge is 2.36. The van der Waals surface area contributed by atoms with Crippen LogP contribution in [-0.4, -0.2) is 70.7 Å². The van der Waals surface area contributed by atoms with Crippen LogP contribution in [0.5, 0.6) is 0 Å². The summed E-state index contributed by atoms with van der Waals surface area (Å²) >= 11 is 0. The molecule has 0 saturated carbocycles. The molecule has 0 radical (unpaired) electrons. The van der Waals surface area contributed by atoms with Crippen molar-refractivity contribution in [1.29, 1.82) is 0 Å². The van der Waals surface area contributed by atoms with Gasteiger partial charge in [-0.1, -0.05) is 6.08 Å². The number of carbonyl (C=O) groups excluding carboxylic acids is 4. The third-order valence-corrected chi connectivity index (χ3v) is 4.60. The molecule has 5 atom stereocenters. The van der Waals surface area contributed by atoms with Crippen LogP contribution in [0.3, 0.4) is 0 Å². The van der Waals surface area contributed by atoms with E-state index in [0.29, 0.717) is 13.0 Å². The average molecular weight is 383 g/mol. The fourth-order valence-corrected chi connectivity index (χ4v) is 3.11. The van der Waals surface area contributed by atoms with E-state index in [1.165, 1.54) is 6.08 Å². The van der Waals surface area contributed by atoms with Crippen molar-refractivity contribution >= 4 is 23.6 Å². The molecule has 0 aromatic rings. The molecule has 11 nitrogen and oxygen atoms in total. The second-order valence-electron chi connectivity index (χ2n) is 6.74. The van der Waals surface area contributed by atoms with Crippen LogP contribution >= 0.6 is 0 Å². The van der Waals surface area contributed by atoms with Gasteiger partial charge in [-0.3, -0.25) is 19.2 Å². The standard InChI is InChI=1S/C16H25N5O6/c17-12(23)6-10(14(18)25)21-15(26)7-4-9(13(24)11(22)5-7)20-16(27)8-2-1-3-19-8/h4,8-11,13,19,22,24H,1-3,5-6H2,(H2,17,23)(H2,18,25)(H,20,27)(H,21,26). The Labute approximate surface area is 155 Å². The maximum atomic E-state index is 12.4. The molecule has 150 valence electrons. The van der Waals surface area contributed by atoms with Gasteiger partial charge < -0.3 is 37.6 Å². The highest BCUT2D eigenvalue weighted by Crippen LogP contribution is 2.20. The molecule has 0 aromatic carbocycles. The molecule has 9 N–H and O–H groups in total. The smallest absolute Gasteiger partial charge is 0.247 e. The first-order valence-electron chi connectivity index (χ1n) is 8.68. The van der Waals surface area contributed by atoms with Gasteiger partial charge in [-0.05, 0) is 19.4 Å². The number of aliphatic hydroxyl groups excluding tert-OH is 2. The summed E-state index contributed by atoms with van der Waals surface area (Å²) in [6.07, 6.45) is -0.406. The number of nitrogens with two attached hydrogens (primary N) is 2. The molecule has 0 spiro atoms. The number of hydrogen-bond donors (Lipinski definition) is 7. The van der Waals surface area contributed by atoms with Gasteiger partial charge in [0.25, 0.3) is 0 Å². The molecule has 27 heavy (non-hydrogen) atoms. The van der Waals surface area contributed by atoms with Gasteiger partial charge in [0.15, 0.2) is 0 Å². The predicted molar refractivity (Wildman–Crippen MR) is 92.6 cm³/mol. The minimum absolute atomic E-state index is 0.0493. The van der Waals surface area contributed by atoms with Crippen molar-refractivity contribution in [2.24, 2.45) is 11.5 Å². The van der Waals surface area contributed by atoms with E-state index in [0.717, 1.165) is 6.42 Å². The molecule has 5 unspecified atom stereocenters. The van der Waals surface area contributed by atoms with E-state index in [1.54, 1.807) is 0 Å². The molecule has 1 fully saturated rings. The quantitative estimate of drug-likeness (QED) is 0.233. The summed E-state index contributed by atoms with van der Waals surface area (Å²) in [4.78, 5) is 46.9. The van der Waals surface area contributed by atoms with Crippen LogP contribution in [0.25, 0.3) is 0 Å². The molecule has 4 amide bonds. The molecular formula is C16H25N5O6. The molecular weight excluding hydrogens is 358 g/mol. The number of carbonyl (C=O) groups is 4. The van der Waals surface area contributed by atoms with E-state index in [2.05, 4.69) is 16.0 Å². The minimum atomic E-state index is -1.30. The number of amides is 4. The fraction of sp³-hybridized carbons (Fsp3) is 0.625. The van der Waals surface area contributed by atoms with Gasteiger partial charge in [-0.2, -0.15) is 0 Å². The van der Waals surface area contributed by atoms with Gasteiger partial charge in [0.2, 0.25) is 23.6 Å². The van der Waals surface area contributed by atoms with E-state index >= 15 is 0 Å². The number of aliphatic hydroxyl groups is 2. The monoisotopic (exact) mass is 383 g/mol. The van der Waals surface area contributed by atoms with Gasteiger partial charge >= 0.3 is 0 Å². The maximum Gasteiger partial charge on any atom is 0.247 e. The van der Waals surface area contributed by atoms with Crippen LogP contribution in [0.15, 0.2) is 11.6 Å². The van der Waals surface area contributed by atoms with E-state index < -0.39 is 54.5 Å². The lowest BCUT2D eigenvalue weighted by Crippen LogP contribution is -2.54. The Morgan fingerprint density at radius 1 is 1.26 bits per heavy atom. The van der Waals surface area contributed by atoms with E-state index in [9.17, 15) is 29.4 Å². The van der Waals surface area contributed by atoms with Crippen molar-refractivity contribution in [1.82, 2.24) is 16.0 Å². The Bertz CT molecular complexity index is 645. The van der Waals surface area contributed by atoms with E-state index in [1.807, 2.05) is 0 Å². The molecule has 1 aliphatic heterocycles. The number of primary amides is 2. The Kier molecular flexibility index (Phi) is 6.88. The Morgan fingerprint density at radius 2 is 1.96 bits per heavy atom. The summed E-state index contributed by atoms with van der Waals surface area (Å²) in [5, 5.41) is 28.0. The van der Waals surface area contributed by atoms with E-state index in [4.69, 9.17) is 11.5 Å². The lowest BCUT2D eigenvalue weighted by Gasteiger charge is -2.32. The fourth-order valence-electron chi connectivity index (χ4n) is 3.11. The van der Waals surface area contributed by atoms with Crippen LogP contribution in [0.2, 0.25) is 0 Å². The number of hydrogen-bond acceptors (Lipinski definition) is 7. The Morgan fingerprint density at radius 3 is 2.52 bits per heavy atom. The molecule has 2 aliphatic rings. The third kappa shape index (κ3) is 5.49. The Balaban J connectivity index is 2.09. The van der Waals surface area contributed by atoms with Crippen molar-refractivity contribution in [3.8, 4) is 0 Å². The van der Waals surface area contributed by atoms with Crippen molar-refractivity contribution in [3.63, 3.8) is 0 Å².